The molecule has 0 saturated carbocycles. The molecule has 2 saturated heterocycles. The molecule has 2 amide bonds. The van der Waals surface area contributed by atoms with E-state index in [0.717, 1.165) is 26.1 Å². The maximum Gasteiger partial charge on any atom is 0.233 e. The molecule has 25 heavy (non-hydrogen) atoms. The average molecular weight is 358 g/mol. The highest BCUT2D eigenvalue weighted by atomic mass is 16.6. The molecule has 2 heterocycles. The maximum atomic E-state index is 11.9. The summed E-state index contributed by atoms with van der Waals surface area (Å²) in [6, 6.07) is 0. The fraction of sp³-hybridized carbons (Fsp3) is 0.882. The molecular formula is C17H30N2O6. The third-order valence-corrected chi connectivity index (χ3v) is 4.64. The highest BCUT2D eigenvalue weighted by Crippen LogP contribution is 2.31. The van der Waals surface area contributed by atoms with Crippen molar-refractivity contribution < 1.29 is 28.5 Å². The fourth-order valence-electron chi connectivity index (χ4n) is 2.76. The molecule has 0 aliphatic carbocycles. The summed E-state index contributed by atoms with van der Waals surface area (Å²) >= 11 is 0. The number of hydrogen-bond donors (Lipinski definition) is 2. The Morgan fingerprint density at radius 1 is 0.840 bits per heavy atom. The van der Waals surface area contributed by atoms with Crippen molar-refractivity contribution in [1.82, 2.24) is 0 Å². The quantitative estimate of drug-likeness (QED) is 0.229. The number of amides is 2. The van der Waals surface area contributed by atoms with E-state index in [-0.39, 0.29) is 12.2 Å². The van der Waals surface area contributed by atoms with Gasteiger partial charge in [0.25, 0.3) is 0 Å². The number of carbonyl (C=O) groups is 2. The molecule has 8 nitrogen and oxygen atoms in total. The van der Waals surface area contributed by atoms with Crippen molar-refractivity contribution in [3.63, 3.8) is 0 Å². The van der Waals surface area contributed by atoms with Crippen LogP contribution >= 0.6 is 0 Å². The molecule has 0 aromatic heterocycles. The summed E-state index contributed by atoms with van der Waals surface area (Å²) < 4.78 is 21.0. The van der Waals surface area contributed by atoms with Crippen molar-refractivity contribution in [2.75, 3.05) is 39.6 Å². The largest absolute Gasteiger partial charge is 0.379 e. The van der Waals surface area contributed by atoms with Crippen molar-refractivity contribution in [1.29, 1.82) is 0 Å². The second-order valence-electron chi connectivity index (χ2n) is 6.79. The van der Waals surface area contributed by atoms with Gasteiger partial charge in [-0.05, 0) is 38.5 Å². The van der Waals surface area contributed by atoms with Gasteiger partial charge >= 0.3 is 0 Å². The SMILES string of the molecule is NC(=O)C(CCCCOCC1CO1)(CCCCOCC1CO1)C(N)=O. The van der Waals surface area contributed by atoms with E-state index >= 15 is 0 Å². The Morgan fingerprint density at radius 3 is 1.56 bits per heavy atom. The van der Waals surface area contributed by atoms with E-state index in [9.17, 15) is 9.59 Å². The van der Waals surface area contributed by atoms with Gasteiger partial charge in [0.05, 0.1) is 26.4 Å². The molecule has 0 spiro atoms. The monoisotopic (exact) mass is 358 g/mol. The van der Waals surface area contributed by atoms with E-state index < -0.39 is 17.2 Å². The van der Waals surface area contributed by atoms with E-state index in [1.54, 1.807) is 0 Å². The number of rotatable bonds is 16. The zero-order chi connectivity index (χ0) is 18.1. The first-order valence-corrected chi connectivity index (χ1v) is 9.03. The lowest BCUT2D eigenvalue weighted by Gasteiger charge is -2.27. The van der Waals surface area contributed by atoms with E-state index in [4.69, 9.17) is 30.4 Å². The van der Waals surface area contributed by atoms with Crippen LogP contribution in [0.4, 0.5) is 0 Å². The van der Waals surface area contributed by atoms with Crippen LogP contribution in [0.5, 0.6) is 0 Å². The number of ether oxygens (including phenoxy) is 4. The first-order valence-electron chi connectivity index (χ1n) is 9.03. The van der Waals surface area contributed by atoms with Gasteiger partial charge in [0.1, 0.15) is 17.6 Å². The lowest BCUT2D eigenvalue weighted by molar-refractivity contribution is -0.141. The third-order valence-electron chi connectivity index (χ3n) is 4.64. The van der Waals surface area contributed by atoms with Crippen LogP contribution in [0.25, 0.3) is 0 Å². The number of hydrogen-bond acceptors (Lipinski definition) is 6. The molecule has 144 valence electrons. The lowest BCUT2D eigenvalue weighted by Crippen LogP contribution is -2.47. The summed E-state index contributed by atoms with van der Waals surface area (Å²) in [6.07, 6.45) is 4.02. The maximum absolute atomic E-state index is 11.9. The van der Waals surface area contributed by atoms with Gasteiger partial charge in [-0.25, -0.2) is 0 Å². The van der Waals surface area contributed by atoms with E-state index in [0.29, 0.717) is 52.1 Å². The molecule has 2 unspecified atom stereocenters. The Kier molecular flexibility index (Phi) is 8.08. The molecular weight excluding hydrogens is 328 g/mol. The van der Waals surface area contributed by atoms with Crippen LogP contribution in [0.1, 0.15) is 38.5 Å². The Labute approximate surface area is 148 Å². The predicted molar refractivity (Wildman–Crippen MR) is 89.6 cm³/mol. The Morgan fingerprint density at radius 2 is 1.24 bits per heavy atom. The second-order valence-corrected chi connectivity index (χ2v) is 6.79. The van der Waals surface area contributed by atoms with Crippen LogP contribution in [0.2, 0.25) is 0 Å². The molecule has 0 aromatic rings. The van der Waals surface area contributed by atoms with Gasteiger partial charge in [-0.15, -0.1) is 0 Å². The van der Waals surface area contributed by atoms with Gasteiger partial charge in [-0.1, -0.05) is 0 Å². The summed E-state index contributed by atoms with van der Waals surface area (Å²) in [6.45, 7) is 3.88. The molecule has 2 atom stereocenters. The van der Waals surface area contributed by atoms with Crippen LogP contribution in [-0.2, 0) is 28.5 Å². The van der Waals surface area contributed by atoms with Gasteiger partial charge in [-0.3, -0.25) is 9.59 Å². The van der Waals surface area contributed by atoms with Gasteiger partial charge in [-0.2, -0.15) is 0 Å². The van der Waals surface area contributed by atoms with Gasteiger partial charge in [0.2, 0.25) is 11.8 Å². The van der Waals surface area contributed by atoms with Crippen LogP contribution in [0, 0.1) is 5.41 Å². The van der Waals surface area contributed by atoms with E-state index in [2.05, 4.69) is 0 Å². The van der Waals surface area contributed by atoms with Gasteiger partial charge in [0.15, 0.2) is 0 Å². The Hall–Kier alpha value is -1.22. The van der Waals surface area contributed by atoms with Crippen molar-refractivity contribution in [3.8, 4) is 0 Å². The van der Waals surface area contributed by atoms with Crippen molar-refractivity contribution in [2.24, 2.45) is 16.9 Å². The molecule has 2 rings (SSSR count). The van der Waals surface area contributed by atoms with Crippen LogP contribution in [-0.4, -0.2) is 63.7 Å². The van der Waals surface area contributed by atoms with Crippen LogP contribution in [0.15, 0.2) is 0 Å². The van der Waals surface area contributed by atoms with E-state index in [1.807, 2.05) is 0 Å². The molecule has 2 aliphatic rings. The predicted octanol–water partition coefficient (Wildman–Crippen LogP) is 0.115. The zero-order valence-corrected chi connectivity index (χ0v) is 14.7. The fourth-order valence-corrected chi connectivity index (χ4v) is 2.76. The third kappa shape index (κ3) is 7.27. The Balaban J connectivity index is 1.64. The van der Waals surface area contributed by atoms with Crippen LogP contribution < -0.4 is 11.5 Å². The van der Waals surface area contributed by atoms with Crippen LogP contribution in [0.3, 0.4) is 0 Å². The van der Waals surface area contributed by atoms with E-state index in [1.165, 1.54) is 0 Å². The standard InChI is InChI=1S/C17H30N2O6/c18-15(20)17(16(19)21,5-1-3-7-22-9-13-11-24-13)6-2-4-8-23-10-14-12-25-14/h13-14H,1-12H2,(H2,18,20)(H2,19,21). The minimum Gasteiger partial charge on any atom is -0.379 e. The molecule has 0 bridgehead atoms. The molecule has 0 radical (unpaired) electrons. The minimum atomic E-state index is -1.28. The topological polar surface area (TPSA) is 130 Å². The van der Waals surface area contributed by atoms with Crippen molar-refractivity contribution in [3.05, 3.63) is 0 Å². The number of unbranched alkanes of at least 4 members (excludes halogenated alkanes) is 2. The van der Waals surface area contributed by atoms with Gasteiger partial charge < -0.3 is 30.4 Å². The summed E-state index contributed by atoms with van der Waals surface area (Å²) in [5.74, 6) is -1.28. The lowest BCUT2D eigenvalue weighted by atomic mass is 9.77. The second kappa shape index (κ2) is 10.1. The normalized spacial score (nSPS) is 21.9. The molecule has 8 heteroatoms. The van der Waals surface area contributed by atoms with Crippen molar-refractivity contribution in [2.45, 2.75) is 50.7 Å². The molecule has 4 N–H and O–H groups in total. The number of carbonyl (C=O) groups excluding carboxylic acids is 2. The molecule has 0 aromatic carbocycles. The summed E-state index contributed by atoms with van der Waals surface area (Å²) in [4.78, 5) is 23.8. The minimum absolute atomic E-state index is 0.240. The smallest absolute Gasteiger partial charge is 0.233 e. The summed E-state index contributed by atoms with van der Waals surface area (Å²) in [5, 5.41) is 0. The first-order chi connectivity index (χ1) is 12.0. The molecule has 2 aliphatic heterocycles. The zero-order valence-electron chi connectivity index (χ0n) is 14.7. The highest BCUT2D eigenvalue weighted by Gasteiger charge is 2.41. The summed E-state index contributed by atoms with van der Waals surface area (Å²) in [5.41, 5.74) is 9.75. The number of nitrogens with two attached hydrogens (primary N) is 2. The number of primary amides is 2. The highest BCUT2D eigenvalue weighted by molar-refractivity contribution is 6.03. The van der Waals surface area contributed by atoms with Crippen molar-refractivity contribution >= 4 is 11.8 Å². The Bertz CT molecular complexity index is 397. The molecule has 2 fully saturated rings. The average Bonchev–Trinajstić information content (AvgIpc) is 3.45. The first kappa shape index (κ1) is 20.1. The number of epoxide rings is 2. The summed E-state index contributed by atoms with van der Waals surface area (Å²) in [7, 11) is 0. The van der Waals surface area contributed by atoms with Gasteiger partial charge in [0, 0.05) is 13.2 Å².